The minimum absolute atomic E-state index is 0.224. The average Bonchev–Trinajstić information content (AvgIpc) is 1.94. The Kier molecular flexibility index (Phi) is 2.89. The number of hydrogen-bond acceptors (Lipinski definition) is 2. The van der Waals surface area contributed by atoms with Crippen LogP contribution < -0.4 is 4.74 Å². The summed E-state index contributed by atoms with van der Waals surface area (Å²) in [4.78, 5) is 10.2. The standard InChI is InChI=1S/C7H3Cl2FO2/c8-4-1-2-6(5(10)3-4)12-7(9)11/h1-3H. The summed E-state index contributed by atoms with van der Waals surface area (Å²) in [6.07, 6.45) is 0. The van der Waals surface area contributed by atoms with Gasteiger partial charge in [-0.1, -0.05) is 11.6 Å². The smallest absolute Gasteiger partial charge is 0.409 e. The number of ether oxygens (including phenoxy) is 1. The lowest BCUT2D eigenvalue weighted by molar-refractivity contribution is 0.223. The molecule has 0 atom stereocenters. The zero-order valence-corrected chi connectivity index (χ0v) is 7.19. The first-order chi connectivity index (χ1) is 5.59. The highest BCUT2D eigenvalue weighted by atomic mass is 35.5. The highest BCUT2D eigenvalue weighted by Gasteiger charge is 2.06. The van der Waals surface area contributed by atoms with Gasteiger partial charge in [0.2, 0.25) is 0 Å². The lowest BCUT2D eigenvalue weighted by atomic mass is 10.3. The number of carbonyl (C=O) groups excluding carboxylic acids is 1. The molecule has 0 bridgehead atoms. The Hall–Kier alpha value is -0.800. The number of carbonyl (C=O) groups is 1. The van der Waals surface area contributed by atoms with Gasteiger partial charge in [0.15, 0.2) is 11.6 Å². The van der Waals surface area contributed by atoms with Gasteiger partial charge in [-0.25, -0.2) is 9.18 Å². The molecule has 0 fully saturated rings. The van der Waals surface area contributed by atoms with Crippen molar-refractivity contribution >= 4 is 28.6 Å². The highest BCUT2D eigenvalue weighted by Crippen LogP contribution is 2.21. The minimum Gasteiger partial charge on any atom is -0.411 e. The molecule has 0 aliphatic heterocycles. The number of halogens is 3. The maximum atomic E-state index is 12.8. The largest absolute Gasteiger partial charge is 0.411 e. The average molecular weight is 209 g/mol. The van der Waals surface area contributed by atoms with E-state index >= 15 is 0 Å². The van der Waals surface area contributed by atoms with Crippen LogP contribution in [0.2, 0.25) is 5.02 Å². The molecular weight excluding hydrogens is 206 g/mol. The van der Waals surface area contributed by atoms with Gasteiger partial charge in [-0.2, -0.15) is 0 Å². The molecule has 0 amide bonds. The van der Waals surface area contributed by atoms with Crippen molar-refractivity contribution in [1.82, 2.24) is 0 Å². The predicted molar refractivity (Wildman–Crippen MR) is 43.3 cm³/mol. The van der Waals surface area contributed by atoms with Crippen LogP contribution in [0, 0.1) is 5.82 Å². The summed E-state index contributed by atoms with van der Waals surface area (Å²) >= 11 is 10.3. The molecule has 1 rings (SSSR count). The molecule has 5 heteroatoms. The Morgan fingerprint density at radius 1 is 1.50 bits per heavy atom. The monoisotopic (exact) mass is 208 g/mol. The summed E-state index contributed by atoms with van der Waals surface area (Å²) in [6, 6.07) is 3.63. The molecule has 0 saturated carbocycles. The van der Waals surface area contributed by atoms with Crippen LogP contribution in [0.25, 0.3) is 0 Å². The maximum Gasteiger partial charge on any atom is 0.409 e. The SMILES string of the molecule is O=C(Cl)Oc1ccc(Cl)cc1F. The van der Waals surface area contributed by atoms with Crippen molar-refractivity contribution in [3.8, 4) is 5.75 Å². The molecule has 1 aromatic carbocycles. The van der Waals surface area contributed by atoms with E-state index in [1.165, 1.54) is 12.1 Å². The number of benzene rings is 1. The predicted octanol–water partition coefficient (Wildman–Crippen LogP) is 3.22. The van der Waals surface area contributed by atoms with Gasteiger partial charge >= 0.3 is 5.43 Å². The van der Waals surface area contributed by atoms with Gasteiger partial charge < -0.3 is 4.74 Å². The Morgan fingerprint density at radius 2 is 2.17 bits per heavy atom. The van der Waals surface area contributed by atoms with Crippen molar-refractivity contribution < 1.29 is 13.9 Å². The van der Waals surface area contributed by atoms with Crippen LogP contribution in [0.5, 0.6) is 5.75 Å². The first-order valence-electron chi connectivity index (χ1n) is 2.92. The quantitative estimate of drug-likeness (QED) is 0.663. The molecule has 64 valence electrons. The van der Waals surface area contributed by atoms with Gasteiger partial charge in [0.1, 0.15) is 0 Å². The zero-order chi connectivity index (χ0) is 9.14. The maximum absolute atomic E-state index is 12.8. The number of hydrogen-bond donors (Lipinski definition) is 0. The lowest BCUT2D eigenvalue weighted by Crippen LogP contribution is -1.97. The summed E-state index contributed by atoms with van der Waals surface area (Å²) in [5, 5.41) is 0.224. The molecule has 0 spiro atoms. The van der Waals surface area contributed by atoms with E-state index < -0.39 is 11.2 Å². The second-order valence-electron chi connectivity index (χ2n) is 1.91. The third-order valence-electron chi connectivity index (χ3n) is 1.08. The molecule has 0 heterocycles. The van der Waals surface area contributed by atoms with Crippen LogP contribution in [0.15, 0.2) is 18.2 Å². The van der Waals surface area contributed by atoms with Gasteiger partial charge in [-0.15, -0.1) is 0 Å². The van der Waals surface area contributed by atoms with Crippen molar-refractivity contribution in [3.05, 3.63) is 29.0 Å². The van der Waals surface area contributed by atoms with E-state index in [9.17, 15) is 9.18 Å². The normalized spacial score (nSPS) is 9.58. The Bertz CT molecular complexity index is 314. The Morgan fingerprint density at radius 3 is 2.67 bits per heavy atom. The molecule has 0 aliphatic rings. The van der Waals surface area contributed by atoms with Crippen molar-refractivity contribution in [2.24, 2.45) is 0 Å². The van der Waals surface area contributed by atoms with Crippen molar-refractivity contribution in [2.45, 2.75) is 0 Å². The van der Waals surface area contributed by atoms with Crippen LogP contribution >= 0.6 is 23.2 Å². The van der Waals surface area contributed by atoms with E-state index in [1.807, 2.05) is 0 Å². The molecule has 0 radical (unpaired) electrons. The van der Waals surface area contributed by atoms with E-state index in [4.69, 9.17) is 23.2 Å². The molecule has 1 aromatic rings. The Balaban J connectivity index is 2.93. The van der Waals surface area contributed by atoms with Gasteiger partial charge in [0.05, 0.1) is 0 Å². The molecule has 0 aromatic heterocycles. The van der Waals surface area contributed by atoms with Crippen molar-refractivity contribution in [2.75, 3.05) is 0 Å². The van der Waals surface area contributed by atoms with Gasteiger partial charge in [0, 0.05) is 16.6 Å². The van der Waals surface area contributed by atoms with Crippen LogP contribution in [0.4, 0.5) is 9.18 Å². The van der Waals surface area contributed by atoms with E-state index in [1.54, 1.807) is 0 Å². The summed E-state index contributed by atoms with van der Waals surface area (Å²) in [5.74, 6) is -0.962. The molecule has 0 aliphatic carbocycles. The van der Waals surface area contributed by atoms with Crippen LogP contribution in [0.3, 0.4) is 0 Å². The summed E-state index contributed by atoms with van der Waals surface area (Å²) < 4.78 is 17.1. The molecule has 0 saturated heterocycles. The van der Waals surface area contributed by atoms with Crippen molar-refractivity contribution in [1.29, 1.82) is 0 Å². The van der Waals surface area contributed by atoms with Crippen LogP contribution in [-0.2, 0) is 0 Å². The number of rotatable bonds is 1. The van der Waals surface area contributed by atoms with E-state index in [2.05, 4.69) is 4.74 Å². The van der Waals surface area contributed by atoms with Gasteiger partial charge in [-0.3, -0.25) is 0 Å². The fraction of sp³-hybridized carbons (Fsp3) is 0. The summed E-state index contributed by atoms with van der Waals surface area (Å²) in [5.41, 5.74) is -1.09. The highest BCUT2D eigenvalue weighted by molar-refractivity contribution is 6.61. The zero-order valence-electron chi connectivity index (χ0n) is 5.68. The first kappa shape index (κ1) is 9.29. The second kappa shape index (κ2) is 3.74. The molecule has 0 N–H and O–H groups in total. The second-order valence-corrected chi connectivity index (χ2v) is 2.66. The minimum atomic E-state index is -1.09. The van der Waals surface area contributed by atoms with E-state index in [-0.39, 0.29) is 10.8 Å². The molecule has 0 unspecified atom stereocenters. The molecule has 12 heavy (non-hydrogen) atoms. The molecular formula is C7H3Cl2FO2. The van der Waals surface area contributed by atoms with Crippen LogP contribution in [0.1, 0.15) is 0 Å². The lowest BCUT2D eigenvalue weighted by Gasteiger charge is -2.00. The van der Waals surface area contributed by atoms with E-state index in [0.29, 0.717) is 0 Å². The first-order valence-corrected chi connectivity index (χ1v) is 3.67. The van der Waals surface area contributed by atoms with E-state index in [0.717, 1.165) is 6.07 Å². The summed E-state index contributed by atoms with van der Waals surface area (Å²) in [6.45, 7) is 0. The fourth-order valence-electron chi connectivity index (χ4n) is 0.644. The topological polar surface area (TPSA) is 26.3 Å². The molecule has 2 nitrogen and oxygen atoms in total. The summed E-state index contributed by atoms with van der Waals surface area (Å²) in [7, 11) is 0. The third kappa shape index (κ3) is 2.36. The van der Waals surface area contributed by atoms with Gasteiger partial charge in [-0.05, 0) is 18.2 Å². The third-order valence-corrected chi connectivity index (χ3v) is 1.40. The Labute approximate surface area is 77.8 Å². The van der Waals surface area contributed by atoms with Crippen molar-refractivity contribution in [3.63, 3.8) is 0 Å². The van der Waals surface area contributed by atoms with Crippen LogP contribution in [-0.4, -0.2) is 5.43 Å². The fourth-order valence-corrected chi connectivity index (χ4v) is 0.886. The van der Waals surface area contributed by atoms with Gasteiger partial charge in [0.25, 0.3) is 0 Å².